The Hall–Kier alpha value is -2.63. The average molecular weight is 300 g/mol. The molecule has 0 spiro atoms. The van der Waals surface area contributed by atoms with Crippen LogP contribution in [0, 0.1) is 19.8 Å². The molecule has 114 valence electrons. The molecule has 1 amide bonds. The zero-order valence-corrected chi connectivity index (χ0v) is 12.4. The SMILES string of the molecule is Cc1nc(-c2cccc(N3C[C@@H](C(=O)O)CC3=O)c2)oc1C. The van der Waals surface area contributed by atoms with E-state index in [1.807, 2.05) is 19.9 Å². The van der Waals surface area contributed by atoms with Gasteiger partial charge in [0.25, 0.3) is 0 Å². The van der Waals surface area contributed by atoms with Gasteiger partial charge in [0, 0.05) is 24.2 Å². The van der Waals surface area contributed by atoms with Gasteiger partial charge in [-0.2, -0.15) is 0 Å². The molecule has 6 heteroatoms. The number of aromatic nitrogens is 1. The van der Waals surface area contributed by atoms with Crippen molar-refractivity contribution in [2.75, 3.05) is 11.4 Å². The van der Waals surface area contributed by atoms with Crippen LogP contribution in [0.4, 0.5) is 5.69 Å². The van der Waals surface area contributed by atoms with Crippen molar-refractivity contribution in [2.45, 2.75) is 20.3 Å². The Bertz CT molecular complexity index is 731. The molecule has 0 bridgehead atoms. The highest BCUT2D eigenvalue weighted by molar-refractivity contribution is 5.99. The quantitative estimate of drug-likeness (QED) is 0.941. The number of hydrogen-bond donors (Lipinski definition) is 1. The maximum atomic E-state index is 12.0. The first-order chi connectivity index (χ1) is 10.5. The van der Waals surface area contributed by atoms with Gasteiger partial charge in [0.15, 0.2) is 0 Å². The molecule has 3 rings (SSSR count). The summed E-state index contributed by atoms with van der Waals surface area (Å²) in [6, 6.07) is 7.24. The summed E-state index contributed by atoms with van der Waals surface area (Å²) in [7, 11) is 0. The topological polar surface area (TPSA) is 83.6 Å². The second-order valence-electron chi connectivity index (χ2n) is 5.45. The highest BCUT2D eigenvalue weighted by Crippen LogP contribution is 2.29. The van der Waals surface area contributed by atoms with Gasteiger partial charge in [-0.15, -0.1) is 0 Å². The van der Waals surface area contributed by atoms with E-state index < -0.39 is 11.9 Å². The smallest absolute Gasteiger partial charge is 0.308 e. The summed E-state index contributed by atoms with van der Waals surface area (Å²) < 4.78 is 5.60. The summed E-state index contributed by atoms with van der Waals surface area (Å²) in [6.07, 6.45) is 0.0385. The van der Waals surface area contributed by atoms with E-state index >= 15 is 0 Å². The van der Waals surface area contributed by atoms with E-state index in [-0.39, 0.29) is 18.9 Å². The lowest BCUT2D eigenvalue weighted by atomic mass is 10.1. The van der Waals surface area contributed by atoms with Crippen molar-refractivity contribution in [1.82, 2.24) is 4.98 Å². The Morgan fingerprint density at radius 2 is 2.18 bits per heavy atom. The molecule has 22 heavy (non-hydrogen) atoms. The molecule has 1 saturated heterocycles. The molecule has 1 aliphatic rings. The van der Waals surface area contributed by atoms with E-state index in [1.54, 1.807) is 18.2 Å². The van der Waals surface area contributed by atoms with Crippen LogP contribution in [0.2, 0.25) is 0 Å². The van der Waals surface area contributed by atoms with Crippen LogP contribution in [0.1, 0.15) is 17.9 Å². The molecule has 1 aromatic heterocycles. The Balaban J connectivity index is 1.91. The Morgan fingerprint density at radius 1 is 1.41 bits per heavy atom. The minimum absolute atomic E-state index is 0.0385. The second kappa shape index (κ2) is 5.29. The molecule has 1 aliphatic heterocycles. The standard InChI is InChI=1S/C16H16N2O4/c1-9-10(2)22-15(17-9)11-4-3-5-13(6-11)18-8-12(16(20)21)7-14(18)19/h3-6,12H,7-8H2,1-2H3,(H,20,21)/t12-/m0/s1. The maximum Gasteiger partial charge on any atom is 0.308 e. The third-order valence-electron chi connectivity index (χ3n) is 3.91. The van der Waals surface area contributed by atoms with Crippen LogP contribution in [0.3, 0.4) is 0 Å². The van der Waals surface area contributed by atoms with Gasteiger partial charge in [0.2, 0.25) is 11.8 Å². The molecule has 1 fully saturated rings. The summed E-state index contributed by atoms with van der Waals surface area (Å²) in [5.41, 5.74) is 2.25. The Kier molecular flexibility index (Phi) is 3.44. The maximum absolute atomic E-state index is 12.0. The number of hydrogen-bond acceptors (Lipinski definition) is 4. The second-order valence-corrected chi connectivity index (χ2v) is 5.45. The van der Waals surface area contributed by atoms with Crippen molar-refractivity contribution in [3.8, 4) is 11.5 Å². The first-order valence-electron chi connectivity index (χ1n) is 7.03. The minimum Gasteiger partial charge on any atom is -0.481 e. The number of oxazole rings is 1. The van der Waals surface area contributed by atoms with Crippen LogP contribution in [0.25, 0.3) is 11.5 Å². The molecular formula is C16H16N2O4. The minimum atomic E-state index is -0.939. The van der Waals surface area contributed by atoms with Gasteiger partial charge in [-0.25, -0.2) is 4.98 Å². The molecule has 6 nitrogen and oxygen atoms in total. The van der Waals surface area contributed by atoms with Gasteiger partial charge in [-0.1, -0.05) is 6.07 Å². The van der Waals surface area contributed by atoms with Crippen molar-refractivity contribution in [2.24, 2.45) is 5.92 Å². The number of nitrogens with zero attached hydrogens (tertiary/aromatic N) is 2. The average Bonchev–Trinajstić information content (AvgIpc) is 3.03. The largest absolute Gasteiger partial charge is 0.481 e. The third kappa shape index (κ3) is 2.47. The van der Waals surface area contributed by atoms with Crippen LogP contribution in [-0.2, 0) is 9.59 Å². The van der Waals surface area contributed by atoms with Crippen LogP contribution >= 0.6 is 0 Å². The predicted molar refractivity (Wildman–Crippen MR) is 79.5 cm³/mol. The normalized spacial score (nSPS) is 18.0. The number of carbonyl (C=O) groups excluding carboxylic acids is 1. The highest BCUT2D eigenvalue weighted by Gasteiger charge is 2.35. The molecule has 2 aromatic rings. The summed E-state index contributed by atoms with van der Waals surface area (Å²) in [6.45, 7) is 3.91. The van der Waals surface area contributed by atoms with E-state index in [0.717, 1.165) is 17.0 Å². The highest BCUT2D eigenvalue weighted by atomic mass is 16.4. The molecule has 1 atom stereocenters. The van der Waals surface area contributed by atoms with Gasteiger partial charge in [-0.05, 0) is 32.0 Å². The van der Waals surface area contributed by atoms with Gasteiger partial charge >= 0.3 is 5.97 Å². The van der Waals surface area contributed by atoms with Crippen molar-refractivity contribution >= 4 is 17.6 Å². The lowest BCUT2D eigenvalue weighted by molar-refractivity contribution is -0.141. The Labute approximate surface area is 127 Å². The third-order valence-corrected chi connectivity index (χ3v) is 3.91. The molecular weight excluding hydrogens is 284 g/mol. The van der Waals surface area contributed by atoms with E-state index in [0.29, 0.717) is 11.6 Å². The first-order valence-corrected chi connectivity index (χ1v) is 7.03. The van der Waals surface area contributed by atoms with Gasteiger partial charge in [0.05, 0.1) is 11.6 Å². The van der Waals surface area contributed by atoms with Crippen molar-refractivity contribution < 1.29 is 19.1 Å². The monoisotopic (exact) mass is 300 g/mol. The summed E-state index contributed by atoms with van der Waals surface area (Å²) >= 11 is 0. The van der Waals surface area contributed by atoms with Gasteiger partial charge in [-0.3, -0.25) is 9.59 Å². The summed E-state index contributed by atoms with van der Waals surface area (Å²) in [5, 5.41) is 9.06. The van der Waals surface area contributed by atoms with E-state index in [9.17, 15) is 9.59 Å². The molecule has 0 aliphatic carbocycles. The number of carbonyl (C=O) groups is 2. The van der Waals surface area contributed by atoms with E-state index in [4.69, 9.17) is 9.52 Å². The molecule has 0 saturated carbocycles. The zero-order valence-electron chi connectivity index (χ0n) is 12.4. The molecule has 0 radical (unpaired) electrons. The van der Waals surface area contributed by atoms with Crippen LogP contribution in [0.15, 0.2) is 28.7 Å². The van der Waals surface area contributed by atoms with Crippen molar-refractivity contribution in [3.63, 3.8) is 0 Å². The fourth-order valence-electron chi connectivity index (χ4n) is 2.53. The van der Waals surface area contributed by atoms with Crippen LogP contribution < -0.4 is 4.90 Å². The number of amides is 1. The summed E-state index contributed by atoms with van der Waals surface area (Å²) in [4.78, 5) is 28.9. The molecule has 1 aromatic carbocycles. The van der Waals surface area contributed by atoms with Crippen molar-refractivity contribution in [1.29, 1.82) is 0 Å². The number of aryl methyl sites for hydroxylation is 2. The number of aliphatic carboxylic acids is 1. The molecule has 1 N–H and O–H groups in total. The van der Waals surface area contributed by atoms with Gasteiger partial charge in [0.1, 0.15) is 5.76 Å². The number of carboxylic acid groups (broad SMARTS) is 1. The number of benzene rings is 1. The van der Waals surface area contributed by atoms with E-state index in [1.165, 1.54) is 4.90 Å². The summed E-state index contributed by atoms with van der Waals surface area (Å²) in [5.74, 6) is -0.514. The lowest BCUT2D eigenvalue weighted by Gasteiger charge is -2.16. The lowest BCUT2D eigenvalue weighted by Crippen LogP contribution is -2.25. The first kappa shape index (κ1) is 14.3. The predicted octanol–water partition coefficient (Wildman–Crippen LogP) is 2.40. The number of carboxylic acids is 1. The Morgan fingerprint density at radius 3 is 2.77 bits per heavy atom. The van der Waals surface area contributed by atoms with E-state index in [2.05, 4.69) is 4.98 Å². The van der Waals surface area contributed by atoms with Gasteiger partial charge < -0.3 is 14.4 Å². The number of rotatable bonds is 3. The molecule has 0 unspecified atom stereocenters. The fourth-order valence-corrected chi connectivity index (χ4v) is 2.53. The van der Waals surface area contributed by atoms with Crippen LogP contribution in [0.5, 0.6) is 0 Å². The molecule has 2 heterocycles. The van der Waals surface area contributed by atoms with Crippen molar-refractivity contribution in [3.05, 3.63) is 35.7 Å². The van der Waals surface area contributed by atoms with Crippen LogP contribution in [-0.4, -0.2) is 28.5 Å². The zero-order chi connectivity index (χ0) is 15.9. The fraction of sp³-hybridized carbons (Fsp3) is 0.312. The number of anilines is 1.